The molecule has 1 aromatic heterocycles. The van der Waals surface area contributed by atoms with Crippen molar-refractivity contribution in [2.24, 2.45) is 5.41 Å². The molecule has 4 nitrogen and oxygen atoms in total. The van der Waals surface area contributed by atoms with E-state index in [0.29, 0.717) is 12.1 Å². The number of nitrogens with one attached hydrogen (secondary N) is 2. The van der Waals surface area contributed by atoms with Gasteiger partial charge < -0.3 is 10.6 Å². The number of carbonyl (C=O) groups excluding carboxylic acids is 1. The summed E-state index contributed by atoms with van der Waals surface area (Å²) in [6.45, 7) is 9.95. The lowest BCUT2D eigenvalue weighted by molar-refractivity contribution is 0.0950. The quantitative estimate of drug-likeness (QED) is 0.843. The summed E-state index contributed by atoms with van der Waals surface area (Å²) in [7, 11) is 0. The lowest BCUT2D eigenvalue weighted by atomic mass is 9.92. The van der Waals surface area contributed by atoms with Crippen molar-refractivity contribution in [1.82, 2.24) is 10.3 Å². The third kappa shape index (κ3) is 4.73. The molecule has 0 fully saturated rings. The van der Waals surface area contributed by atoms with Gasteiger partial charge in [0.2, 0.25) is 0 Å². The van der Waals surface area contributed by atoms with Crippen LogP contribution in [0, 0.1) is 5.41 Å². The molecule has 0 aliphatic rings. The summed E-state index contributed by atoms with van der Waals surface area (Å²) in [5.74, 6) is -0.0664. The minimum atomic E-state index is -0.0664. The number of anilines is 1. The lowest BCUT2D eigenvalue weighted by Crippen LogP contribution is -2.28. The third-order valence-electron chi connectivity index (χ3n) is 2.59. The molecular formula is C14H23N3O. The van der Waals surface area contributed by atoms with E-state index < -0.39 is 0 Å². The summed E-state index contributed by atoms with van der Waals surface area (Å²) in [5.41, 5.74) is 1.67. The van der Waals surface area contributed by atoms with Gasteiger partial charge >= 0.3 is 0 Å². The monoisotopic (exact) mass is 249 g/mol. The smallest absolute Gasteiger partial charge is 0.254 e. The van der Waals surface area contributed by atoms with Crippen LogP contribution in [-0.4, -0.2) is 24.0 Å². The van der Waals surface area contributed by atoms with E-state index >= 15 is 0 Å². The molecular weight excluding hydrogens is 226 g/mol. The molecule has 0 aromatic carbocycles. The second kappa shape index (κ2) is 6.38. The zero-order valence-corrected chi connectivity index (χ0v) is 11.7. The molecule has 0 bridgehead atoms. The van der Waals surface area contributed by atoms with Crippen molar-refractivity contribution in [3.05, 3.63) is 24.0 Å². The van der Waals surface area contributed by atoms with Crippen molar-refractivity contribution in [1.29, 1.82) is 0 Å². The van der Waals surface area contributed by atoms with Gasteiger partial charge in [0, 0.05) is 25.5 Å². The number of aromatic nitrogens is 1. The van der Waals surface area contributed by atoms with Crippen LogP contribution in [0.5, 0.6) is 0 Å². The van der Waals surface area contributed by atoms with E-state index in [0.717, 1.165) is 18.7 Å². The molecule has 0 unspecified atom stereocenters. The fourth-order valence-corrected chi connectivity index (χ4v) is 1.57. The summed E-state index contributed by atoms with van der Waals surface area (Å²) in [5, 5.41) is 6.10. The maximum atomic E-state index is 12.0. The molecule has 1 heterocycles. The summed E-state index contributed by atoms with van der Waals surface area (Å²) in [4.78, 5) is 16.0. The van der Waals surface area contributed by atoms with Gasteiger partial charge in [-0.2, -0.15) is 0 Å². The van der Waals surface area contributed by atoms with E-state index in [9.17, 15) is 4.79 Å². The predicted molar refractivity (Wildman–Crippen MR) is 74.8 cm³/mol. The molecule has 2 N–H and O–H groups in total. The Morgan fingerprint density at radius 2 is 2.11 bits per heavy atom. The fraction of sp³-hybridized carbons (Fsp3) is 0.571. The number of pyridine rings is 1. The van der Waals surface area contributed by atoms with Gasteiger partial charge in [-0.25, -0.2) is 0 Å². The molecule has 1 aromatic rings. The molecule has 1 rings (SSSR count). The fourth-order valence-electron chi connectivity index (χ4n) is 1.57. The number of carbonyl (C=O) groups is 1. The minimum absolute atomic E-state index is 0.0664. The average molecular weight is 249 g/mol. The van der Waals surface area contributed by atoms with E-state index in [1.54, 1.807) is 12.4 Å². The Labute approximate surface area is 109 Å². The second-order valence-corrected chi connectivity index (χ2v) is 5.52. The molecule has 0 radical (unpaired) electrons. The molecule has 0 spiro atoms. The van der Waals surface area contributed by atoms with Gasteiger partial charge in [-0.05, 0) is 24.8 Å². The van der Waals surface area contributed by atoms with Gasteiger partial charge in [-0.15, -0.1) is 0 Å². The van der Waals surface area contributed by atoms with E-state index in [1.807, 2.05) is 13.0 Å². The highest BCUT2D eigenvalue weighted by Crippen LogP contribution is 2.17. The van der Waals surface area contributed by atoms with Crippen LogP contribution in [0.15, 0.2) is 18.5 Å². The Bertz CT molecular complexity index is 396. The first-order chi connectivity index (χ1) is 8.44. The highest BCUT2D eigenvalue weighted by molar-refractivity contribution is 5.99. The van der Waals surface area contributed by atoms with Crippen LogP contribution < -0.4 is 10.6 Å². The van der Waals surface area contributed by atoms with Gasteiger partial charge in [0.1, 0.15) is 0 Å². The standard InChI is InChI=1S/C14H23N3O/c1-5-16-12-6-8-15-10-11(12)13(18)17-9-7-14(2,3)4/h6,8,10H,5,7,9H2,1-4H3,(H,15,16)(H,17,18). The van der Waals surface area contributed by atoms with E-state index in [2.05, 4.69) is 36.4 Å². The van der Waals surface area contributed by atoms with Crippen LogP contribution in [-0.2, 0) is 0 Å². The van der Waals surface area contributed by atoms with Crippen molar-refractivity contribution >= 4 is 11.6 Å². The van der Waals surface area contributed by atoms with Crippen LogP contribution in [0.4, 0.5) is 5.69 Å². The largest absolute Gasteiger partial charge is 0.385 e. The molecule has 0 aliphatic heterocycles. The second-order valence-electron chi connectivity index (χ2n) is 5.52. The van der Waals surface area contributed by atoms with Crippen molar-refractivity contribution < 1.29 is 4.79 Å². The third-order valence-corrected chi connectivity index (χ3v) is 2.59. The normalized spacial score (nSPS) is 11.1. The van der Waals surface area contributed by atoms with Crippen LogP contribution in [0.2, 0.25) is 0 Å². The molecule has 100 valence electrons. The highest BCUT2D eigenvalue weighted by Gasteiger charge is 2.13. The first-order valence-corrected chi connectivity index (χ1v) is 6.40. The van der Waals surface area contributed by atoms with Gasteiger partial charge in [0.05, 0.1) is 11.3 Å². The predicted octanol–water partition coefficient (Wildman–Crippen LogP) is 2.68. The summed E-state index contributed by atoms with van der Waals surface area (Å²) in [6.07, 6.45) is 4.24. The number of nitrogens with zero attached hydrogens (tertiary/aromatic N) is 1. The first kappa shape index (κ1) is 14.5. The van der Waals surface area contributed by atoms with Crippen LogP contribution in [0.25, 0.3) is 0 Å². The Kier molecular flexibility index (Phi) is 5.13. The molecule has 0 saturated heterocycles. The van der Waals surface area contributed by atoms with Crippen molar-refractivity contribution in [3.8, 4) is 0 Å². The molecule has 0 aliphatic carbocycles. The van der Waals surface area contributed by atoms with Crippen LogP contribution >= 0.6 is 0 Å². The molecule has 1 amide bonds. The molecule has 0 atom stereocenters. The lowest BCUT2D eigenvalue weighted by Gasteiger charge is -2.18. The van der Waals surface area contributed by atoms with Crippen molar-refractivity contribution in [2.45, 2.75) is 34.1 Å². The van der Waals surface area contributed by atoms with Gasteiger partial charge in [-0.1, -0.05) is 20.8 Å². The van der Waals surface area contributed by atoms with Crippen LogP contribution in [0.1, 0.15) is 44.5 Å². The SMILES string of the molecule is CCNc1ccncc1C(=O)NCCC(C)(C)C. The topological polar surface area (TPSA) is 54.0 Å². The van der Waals surface area contributed by atoms with Gasteiger partial charge in [-0.3, -0.25) is 9.78 Å². The summed E-state index contributed by atoms with van der Waals surface area (Å²) in [6, 6.07) is 1.82. The molecule has 18 heavy (non-hydrogen) atoms. The number of amides is 1. The van der Waals surface area contributed by atoms with Crippen molar-refractivity contribution in [3.63, 3.8) is 0 Å². The van der Waals surface area contributed by atoms with Crippen LogP contribution in [0.3, 0.4) is 0 Å². The van der Waals surface area contributed by atoms with Crippen molar-refractivity contribution in [2.75, 3.05) is 18.4 Å². The highest BCUT2D eigenvalue weighted by atomic mass is 16.1. The Hall–Kier alpha value is -1.58. The Morgan fingerprint density at radius 1 is 1.39 bits per heavy atom. The number of hydrogen-bond donors (Lipinski definition) is 2. The van der Waals surface area contributed by atoms with E-state index in [4.69, 9.17) is 0 Å². The van der Waals surface area contributed by atoms with Gasteiger partial charge in [0.25, 0.3) is 5.91 Å². The van der Waals surface area contributed by atoms with E-state index in [-0.39, 0.29) is 11.3 Å². The zero-order chi connectivity index (χ0) is 13.6. The zero-order valence-electron chi connectivity index (χ0n) is 11.7. The number of rotatable bonds is 5. The first-order valence-electron chi connectivity index (χ1n) is 6.40. The Balaban J connectivity index is 2.61. The summed E-state index contributed by atoms with van der Waals surface area (Å²) < 4.78 is 0. The maximum absolute atomic E-state index is 12.0. The Morgan fingerprint density at radius 3 is 2.72 bits per heavy atom. The van der Waals surface area contributed by atoms with Gasteiger partial charge in [0.15, 0.2) is 0 Å². The van der Waals surface area contributed by atoms with E-state index in [1.165, 1.54) is 0 Å². The molecule has 4 heteroatoms. The molecule has 0 saturated carbocycles. The maximum Gasteiger partial charge on any atom is 0.254 e. The summed E-state index contributed by atoms with van der Waals surface area (Å²) >= 11 is 0. The number of hydrogen-bond acceptors (Lipinski definition) is 3. The average Bonchev–Trinajstić information content (AvgIpc) is 2.28. The minimum Gasteiger partial charge on any atom is -0.385 e.